The molecule has 0 spiro atoms. The molecule has 3 aliphatic carbocycles. The summed E-state index contributed by atoms with van der Waals surface area (Å²) in [6.07, 6.45) is 0. The fourth-order valence-electron chi connectivity index (χ4n) is 12.4. The smallest absolute Gasteiger partial charge is 0.0719 e. The molecule has 0 fully saturated rings. The molecule has 0 heterocycles. The van der Waals surface area contributed by atoms with Gasteiger partial charge in [-0.1, -0.05) is 216 Å². The minimum absolute atomic E-state index is 0.160. The van der Waals surface area contributed by atoms with E-state index in [2.05, 4.69) is 257 Å². The van der Waals surface area contributed by atoms with Crippen LogP contribution in [0.15, 0.2) is 224 Å². The van der Waals surface area contributed by atoms with Crippen molar-refractivity contribution in [2.24, 2.45) is 0 Å². The molecule has 10 aromatic rings. The lowest BCUT2D eigenvalue weighted by Crippen LogP contribution is -2.29. The quantitative estimate of drug-likeness (QED) is 0.161. The Labute approximate surface area is 388 Å². The van der Waals surface area contributed by atoms with Crippen molar-refractivity contribution in [3.8, 4) is 44.5 Å². The van der Waals surface area contributed by atoms with Gasteiger partial charge in [0.1, 0.15) is 0 Å². The van der Waals surface area contributed by atoms with Crippen molar-refractivity contribution in [2.45, 2.75) is 43.9 Å². The van der Waals surface area contributed by atoms with Crippen molar-refractivity contribution in [1.82, 2.24) is 0 Å². The van der Waals surface area contributed by atoms with Crippen LogP contribution in [0.3, 0.4) is 0 Å². The lowest BCUT2D eigenvalue weighted by molar-refractivity contribution is 0.660. The van der Waals surface area contributed by atoms with Crippen molar-refractivity contribution < 1.29 is 0 Å². The highest BCUT2D eigenvalue weighted by atomic mass is 15.1. The molecule has 314 valence electrons. The molecule has 0 bridgehead atoms. The molecule has 0 saturated carbocycles. The summed E-state index contributed by atoms with van der Waals surface area (Å²) < 4.78 is 0. The third-order valence-electron chi connectivity index (χ3n) is 15.5. The summed E-state index contributed by atoms with van der Waals surface area (Å²) in [4.78, 5) is 2.58. The van der Waals surface area contributed by atoms with Crippen LogP contribution in [-0.4, -0.2) is 0 Å². The van der Waals surface area contributed by atoms with Gasteiger partial charge in [0.15, 0.2) is 0 Å². The second-order valence-corrected chi connectivity index (χ2v) is 19.6. The molecule has 13 rings (SSSR count). The largest absolute Gasteiger partial charge is 0.310 e. The summed E-state index contributed by atoms with van der Waals surface area (Å²) in [5.41, 5.74) is 23.5. The van der Waals surface area contributed by atoms with Gasteiger partial charge in [0.05, 0.1) is 11.1 Å². The maximum absolute atomic E-state index is 2.58. The van der Waals surface area contributed by atoms with Crippen molar-refractivity contribution in [2.75, 3.05) is 4.90 Å². The zero-order chi connectivity index (χ0) is 44.4. The Hall–Kier alpha value is -7.74. The summed E-state index contributed by atoms with van der Waals surface area (Å²) >= 11 is 0. The lowest BCUT2D eigenvalue weighted by Gasteiger charge is -2.36. The predicted molar refractivity (Wildman–Crippen MR) is 276 cm³/mol. The molecule has 0 aliphatic heterocycles. The van der Waals surface area contributed by atoms with Crippen LogP contribution in [0.4, 0.5) is 17.1 Å². The zero-order valence-electron chi connectivity index (χ0n) is 37.8. The van der Waals surface area contributed by atoms with Gasteiger partial charge in [-0.05, 0) is 131 Å². The minimum Gasteiger partial charge on any atom is -0.310 e. The molecule has 1 nitrogen and oxygen atoms in total. The first-order valence-electron chi connectivity index (χ1n) is 23.4. The monoisotopic (exact) mass is 843 g/mol. The van der Waals surface area contributed by atoms with E-state index in [0.29, 0.717) is 0 Å². The molecular weight excluding hydrogens is 795 g/mol. The molecule has 0 radical (unpaired) electrons. The molecule has 0 aromatic heterocycles. The van der Waals surface area contributed by atoms with Gasteiger partial charge in [0, 0.05) is 27.6 Å². The molecule has 0 amide bonds. The normalized spacial score (nSPS) is 15.0. The molecule has 3 aliphatic rings. The Kier molecular flexibility index (Phi) is 8.28. The van der Waals surface area contributed by atoms with Gasteiger partial charge in [-0.25, -0.2) is 0 Å². The first-order valence-corrected chi connectivity index (χ1v) is 23.4. The van der Waals surface area contributed by atoms with E-state index in [0.717, 1.165) is 11.4 Å². The van der Waals surface area contributed by atoms with Gasteiger partial charge in [-0.15, -0.1) is 0 Å². The third-order valence-corrected chi connectivity index (χ3v) is 15.5. The Balaban J connectivity index is 1.14. The zero-order valence-corrected chi connectivity index (χ0v) is 37.8. The van der Waals surface area contributed by atoms with Crippen LogP contribution >= 0.6 is 0 Å². The highest BCUT2D eigenvalue weighted by Gasteiger charge is 2.48. The Morgan fingerprint density at radius 3 is 1.33 bits per heavy atom. The number of hydrogen-bond donors (Lipinski definition) is 0. The number of benzene rings is 10. The summed E-state index contributed by atoms with van der Waals surface area (Å²) in [5.74, 6) is 0. The van der Waals surface area contributed by atoms with Gasteiger partial charge in [0.25, 0.3) is 0 Å². The number of hydrogen-bond acceptors (Lipinski definition) is 1. The first-order chi connectivity index (χ1) is 32.3. The van der Waals surface area contributed by atoms with Crippen LogP contribution in [0.5, 0.6) is 0 Å². The van der Waals surface area contributed by atoms with Crippen LogP contribution < -0.4 is 4.90 Å². The summed E-state index contributed by atoms with van der Waals surface area (Å²) in [5, 5.41) is 2.47. The second-order valence-electron chi connectivity index (χ2n) is 19.6. The van der Waals surface area contributed by atoms with Crippen molar-refractivity contribution in [3.05, 3.63) is 269 Å². The van der Waals surface area contributed by atoms with E-state index in [4.69, 9.17) is 0 Å². The van der Waals surface area contributed by atoms with Crippen LogP contribution in [0.1, 0.15) is 72.2 Å². The minimum atomic E-state index is -0.571. The highest BCUT2D eigenvalue weighted by molar-refractivity contribution is 6.09. The first kappa shape index (κ1) is 38.7. The van der Waals surface area contributed by atoms with Gasteiger partial charge < -0.3 is 4.90 Å². The Morgan fingerprint density at radius 2 is 0.773 bits per heavy atom. The Bertz CT molecular complexity index is 3430. The molecule has 0 unspecified atom stereocenters. The van der Waals surface area contributed by atoms with Crippen LogP contribution in [0, 0.1) is 0 Å². The van der Waals surface area contributed by atoms with Crippen LogP contribution in [0.25, 0.3) is 55.3 Å². The van der Waals surface area contributed by atoms with Crippen LogP contribution in [-0.2, 0) is 16.2 Å². The maximum atomic E-state index is 2.58. The van der Waals surface area contributed by atoms with Crippen molar-refractivity contribution >= 4 is 27.8 Å². The molecule has 1 heteroatoms. The van der Waals surface area contributed by atoms with Gasteiger partial charge in [-0.2, -0.15) is 0 Å². The summed E-state index contributed by atoms with van der Waals surface area (Å²) in [6, 6.07) is 84.7. The van der Waals surface area contributed by atoms with Crippen LogP contribution in [0.2, 0.25) is 0 Å². The highest BCUT2D eigenvalue weighted by Crippen LogP contribution is 2.61. The summed E-state index contributed by atoms with van der Waals surface area (Å²) in [7, 11) is 0. The third kappa shape index (κ3) is 5.29. The average molecular weight is 844 g/mol. The molecule has 0 atom stereocenters. The predicted octanol–water partition coefficient (Wildman–Crippen LogP) is 17.0. The van der Waals surface area contributed by atoms with Crippen molar-refractivity contribution in [3.63, 3.8) is 0 Å². The van der Waals surface area contributed by atoms with E-state index >= 15 is 0 Å². The van der Waals surface area contributed by atoms with E-state index < -0.39 is 5.41 Å². The van der Waals surface area contributed by atoms with E-state index in [1.54, 1.807) is 0 Å². The number of anilines is 3. The topological polar surface area (TPSA) is 3.24 Å². The molecule has 0 N–H and O–H groups in total. The Morgan fingerprint density at radius 1 is 0.303 bits per heavy atom. The standard InChI is InChI=1S/C65H49N/c1-63(2)56-30-18-16-26-48(56)50-35-33-46(39-59(50)63)66(47-34-36-51-49-27-17-19-31-57(49)64(3,4)60(51)40-47)61-41-55-54-38-43(42-20-8-5-9-21-42)32-37-58(54)65(44-22-10-6-11-23-44,45-24-12-7-13-25-45)62(55)53-29-15-14-28-52(53)61/h5-41H,1-4H3. The molecular formula is C65H49N. The second kappa shape index (κ2) is 14.1. The van der Waals surface area contributed by atoms with Crippen molar-refractivity contribution in [1.29, 1.82) is 0 Å². The fraction of sp³-hybridized carbons (Fsp3) is 0.108. The SMILES string of the molecule is CC1(C)c2ccccc2-c2ccc(N(c3ccc4c(c3)C(C)(C)c3ccccc3-4)c3cc4c(c5ccccc35)C(c3ccccc3)(c3ccccc3)c3ccc(-c5ccccc5)cc3-4)cc21. The van der Waals surface area contributed by atoms with Gasteiger partial charge >= 0.3 is 0 Å². The average Bonchev–Trinajstić information content (AvgIpc) is 3.89. The summed E-state index contributed by atoms with van der Waals surface area (Å²) in [6.45, 7) is 9.55. The van der Waals surface area contributed by atoms with E-state index in [-0.39, 0.29) is 10.8 Å². The number of nitrogens with zero attached hydrogens (tertiary/aromatic N) is 1. The number of fused-ring (bicyclic) bond motifs is 11. The van der Waals surface area contributed by atoms with Gasteiger partial charge in [-0.3, -0.25) is 0 Å². The van der Waals surface area contributed by atoms with E-state index in [1.807, 2.05) is 0 Å². The number of rotatable bonds is 6. The molecule has 0 saturated heterocycles. The maximum Gasteiger partial charge on any atom is 0.0719 e. The van der Waals surface area contributed by atoms with E-state index in [1.165, 1.54) is 105 Å². The van der Waals surface area contributed by atoms with E-state index in [9.17, 15) is 0 Å². The lowest BCUT2D eigenvalue weighted by atomic mass is 9.66. The molecule has 10 aromatic carbocycles. The van der Waals surface area contributed by atoms with Gasteiger partial charge in [0.2, 0.25) is 0 Å². The molecule has 66 heavy (non-hydrogen) atoms. The fourth-order valence-corrected chi connectivity index (χ4v) is 12.4.